The highest BCUT2D eigenvalue weighted by Crippen LogP contribution is 2.19. The lowest BCUT2D eigenvalue weighted by Gasteiger charge is -2.17. The van der Waals surface area contributed by atoms with Crippen LogP contribution >= 0.6 is 0 Å². The number of aryl methyl sites for hydroxylation is 1. The predicted octanol–water partition coefficient (Wildman–Crippen LogP) is 1.01. The number of aliphatic imine (C=N–C) groups is 2. The van der Waals surface area contributed by atoms with Crippen molar-refractivity contribution < 1.29 is 9.59 Å². The molecule has 0 bridgehead atoms. The fourth-order valence-corrected chi connectivity index (χ4v) is 2.83. The normalized spacial score (nSPS) is 17.7. The van der Waals surface area contributed by atoms with Crippen molar-refractivity contribution in [2.75, 3.05) is 12.4 Å². The summed E-state index contributed by atoms with van der Waals surface area (Å²) < 4.78 is 1.31. The number of hydrogen-bond donors (Lipinski definition) is 1. The van der Waals surface area contributed by atoms with Gasteiger partial charge in [-0.3, -0.25) is 14.6 Å². The van der Waals surface area contributed by atoms with Gasteiger partial charge in [0.15, 0.2) is 0 Å². The molecule has 0 saturated heterocycles. The summed E-state index contributed by atoms with van der Waals surface area (Å²) in [4.78, 5) is 33.2. The van der Waals surface area contributed by atoms with Crippen LogP contribution in [0.1, 0.15) is 21.6 Å². The lowest BCUT2D eigenvalue weighted by molar-refractivity contribution is -0.118. The number of anilines is 1. The number of nitriles is 1. The Morgan fingerprint density at radius 3 is 2.71 bits per heavy atom. The number of carbonyl (C=O) groups is 2. The monoisotopic (exact) mass is 374 g/mol. The number of nitrogens with one attached hydrogen (secondary N) is 1. The second-order valence-electron chi connectivity index (χ2n) is 6.21. The first kappa shape index (κ1) is 17.3. The maximum absolute atomic E-state index is 12.6. The SMILES string of the molecule is Cc1cc(NC(=O)c2ccc(C#N)cc2)n(C2=NC(=O)C3C=NN(C)C3=N2)n1. The number of hydrazone groups is 1. The van der Waals surface area contributed by atoms with E-state index in [1.165, 1.54) is 15.9 Å². The maximum atomic E-state index is 12.6. The van der Waals surface area contributed by atoms with E-state index in [9.17, 15) is 9.59 Å². The van der Waals surface area contributed by atoms with E-state index in [0.717, 1.165) is 0 Å². The number of rotatable bonds is 2. The Bertz CT molecular complexity index is 1120. The van der Waals surface area contributed by atoms with Crippen molar-refractivity contribution in [1.29, 1.82) is 5.26 Å². The first-order valence-corrected chi connectivity index (χ1v) is 8.34. The Kier molecular flexibility index (Phi) is 4.04. The molecule has 10 nitrogen and oxygen atoms in total. The number of fused-ring (bicyclic) bond motifs is 1. The Morgan fingerprint density at radius 1 is 1.25 bits per heavy atom. The zero-order chi connectivity index (χ0) is 19.8. The fraction of sp³-hybridized carbons (Fsp3) is 0.167. The summed E-state index contributed by atoms with van der Waals surface area (Å²) in [6.45, 7) is 1.75. The molecular formula is C18H14N8O2. The summed E-state index contributed by atoms with van der Waals surface area (Å²) in [6.07, 6.45) is 1.49. The first-order chi connectivity index (χ1) is 13.5. The third kappa shape index (κ3) is 2.95. The minimum absolute atomic E-state index is 0.0526. The molecule has 2 aliphatic rings. The highest BCUT2D eigenvalue weighted by atomic mass is 16.2. The van der Waals surface area contributed by atoms with Crippen LogP contribution in [0.3, 0.4) is 0 Å². The van der Waals surface area contributed by atoms with Crippen molar-refractivity contribution >= 4 is 35.6 Å². The average Bonchev–Trinajstić information content (AvgIpc) is 3.24. The summed E-state index contributed by atoms with van der Waals surface area (Å²) in [7, 11) is 1.69. The van der Waals surface area contributed by atoms with E-state index in [2.05, 4.69) is 25.5 Å². The van der Waals surface area contributed by atoms with Crippen LogP contribution in [-0.2, 0) is 4.79 Å². The number of carbonyl (C=O) groups excluding carboxylic acids is 2. The molecule has 1 N–H and O–H groups in total. The van der Waals surface area contributed by atoms with E-state index in [4.69, 9.17) is 5.26 Å². The zero-order valence-corrected chi connectivity index (χ0v) is 15.0. The largest absolute Gasteiger partial charge is 0.306 e. The van der Waals surface area contributed by atoms with Gasteiger partial charge in [0.25, 0.3) is 17.8 Å². The van der Waals surface area contributed by atoms with Gasteiger partial charge in [-0.05, 0) is 31.2 Å². The number of benzene rings is 1. The third-order valence-corrected chi connectivity index (χ3v) is 4.23. The lowest BCUT2D eigenvalue weighted by Crippen LogP contribution is -2.35. The molecule has 4 rings (SSSR count). The molecule has 0 fully saturated rings. The molecule has 0 aliphatic carbocycles. The minimum atomic E-state index is -0.595. The summed E-state index contributed by atoms with van der Waals surface area (Å²) in [5.74, 6) is -0.555. The van der Waals surface area contributed by atoms with E-state index >= 15 is 0 Å². The standard InChI is InChI=1S/C18H14N8O2/c1-10-7-14(21-16(27)12-5-3-11(8-19)4-6-12)26(24-10)18-22-15-13(17(28)23-18)9-20-25(15)2/h3-7,9,13H,1-2H3,(H,21,27). The van der Waals surface area contributed by atoms with Crippen LogP contribution in [0.5, 0.6) is 0 Å². The molecule has 138 valence electrons. The zero-order valence-electron chi connectivity index (χ0n) is 15.0. The average molecular weight is 374 g/mol. The Hall–Kier alpha value is -4.13. The lowest BCUT2D eigenvalue weighted by atomic mass is 10.1. The molecule has 1 aromatic heterocycles. The number of aromatic nitrogens is 2. The second-order valence-corrected chi connectivity index (χ2v) is 6.21. The van der Waals surface area contributed by atoms with Gasteiger partial charge in [0.2, 0.25) is 0 Å². The van der Waals surface area contributed by atoms with Gasteiger partial charge in [0.1, 0.15) is 17.6 Å². The van der Waals surface area contributed by atoms with Gasteiger partial charge in [-0.1, -0.05) is 0 Å². The molecule has 1 atom stereocenters. The van der Waals surface area contributed by atoms with Crippen LogP contribution < -0.4 is 5.32 Å². The summed E-state index contributed by atoms with van der Waals surface area (Å²) in [5, 5.41) is 21.4. The summed E-state index contributed by atoms with van der Waals surface area (Å²) >= 11 is 0. The second kappa shape index (κ2) is 6.55. The van der Waals surface area contributed by atoms with E-state index in [1.807, 2.05) is 6.07 Å². The molecular weight excluding hydrogens is 360 g/mol. The molecule has 0 radical (unpaired) electrons. The van der Waals surface area contributed by atoms with Gasteiger partial charge < -0.3 is 5.32 Å². The van der Waals surface area contributed by atoms with Crippen molar-refractivity contribution in [2.45, 2.75) is 6.92 Å². The van der Waals surface area contributed by atoms with E-state index in [0.29, 0.717) is 28.5 Å². The van der Waals surface area contributed by atoms with E-state index in [-0.39, 0.29) is 11.9 Å². The van der Waals surface area contributed by atoms with Crippen molar-refractivity contribution in [2.24, 2.45) is 21.0 Å². The molecule has 1 aromatic carbocycles. The van der Waals surface area contributed by atoms with Crippen LogP contribution in [0.15, 0.2) is 45.4 Å². The Labute approximate surface area is 159 Å². The molecule has 2 amide bonds. The summed E-state index contributed by atoms with van der Waals surface area (Å²) in [6, 6.07) is 9.88. The minimum Gasteiger partial charge on any atom is -0.306 e. The molecule has 3 heterocycles. The number of nitrogens with zero attached hydrogens (tertiary/aromatic N) is 7. The van der Waals surface area contributed by atoms with Gasteiger partial charge >= 0.3 is 0 Å². The van der Waals surface area contributed by atoms with E-state index in [1.54, 1.807) is 44.3 Å². The van der Waals surface area contributed by atoms with Gasteiger partial charge in [-0.15, -0.1) is 0 Å². The van der Waals surface area contributed by atoms with Crippen molar-refractivity contribution in [3.63, 3.8) is 0 Å². The number of amides is 2. The van der Waals surface area contributed by atoms with Crippen LogP contribution in [0.2, 0.25) is 0 Å². The maximum Gasteiger partial charge on any atom is 0.265 e. The van der Waals surface area contributed by atoms with Crippen LogP contribution in [0.25, 0.3) is 0 Å². The van der Waals surface area contributed by atoms with Crippen LogP contribution in [-0.4, -0.2) is 51.7 Å². The number of hydrogen-bond acceptors (Lipinski definition) is 7. The number of amidine groups is 1. The van der Waals surface area contributed by atoms with Gasteiger partial charge in [-0.25, -0.2) is 0 Å². The topological polar surface area (TPSA) is 128 Å². The molecule has 10 heteroatoms. The van der Waals surface area contributed by atoms with Crippen molar-refractivity contribution in [3.05, 3.63) is 47.2 Å². The molecule has 1 unspecified atom stereocenters. The fourth-order valence-electron chi connectivity index (χ4n) is 2.83. The summed E-state index contributed by atoms with van der Waals surface area (Å²) in [5.41, 5.74) is 1.45. The Morgan fingerprint density at radius 2 is 2.00 bits per heavy atom. The highest BCUT2D eigenvalue weighted by molar-refractivity contribution is 6.24. The molecule has 0 saturated carbocycles. The molecule has 2 aromatic rings. The first-order valence-electron chi connectivity index (χ1n) is 8.34. The smallest absolute Gasteiger partial charge is 0.265 e. The van der Waals surface area contributed by atoms with Gasteiger partial charge in [0.05, 0.1) is 17.3 Å². The quantitative estimate of drug-likeness (QED) is 0.839. The van der Waals surface area contributed by atoms with Crippen LogP contribution in [0, 0.1) is 24.2 Å². The van der Waals surface area contributed by atoms with Crippen LogP contribution in [0.4, 0.5) is 5.82 Å². The van der Waals surface area contributed by atoms with Gasteiger partial charge in [-0.2, -0.15) is 30.1 Å². The third-order valence-electron chi connectivity index (χ3n) is 4.23. The van der Waals surface area contributed by atoms with E-state index < -0.39 is 11.8 Å². The molecule has 0 spiro atoms. The predicted molar refractivity (Wildman–Crippen MR) is 101 cm³/mol. The van der Waals surface area contributed by atoms with Crippen molar-refractivity contribution in [3.8, 4) is 6.07 Å². The Balaban J connectivity index is 1.64. The highest BCUT2D eigenvalue weighted by Gasteiger charge is 2.35. The van der Waals surface area contributed by atoms with Crippen molar-refractivity contribution in [1.82, 2.24) is 14.8 Å². The van der Waals surface area contributed by atoms with Gasteiger partial charge in [0, 0.05) is 24.9 Å². The molecule has 2 aliphatic heterocycles. The molecule has 28 heavy (non-hydrogen) atoms.